The van der Waals surface area contributed by atoms with Gasteiger partial charge in [0.2, 0.25) is 5.95 Å². The molecule has 0 saturated heterocycles. The third kappa shape index (κ3) is 5.07. The van der Waals surface area contributed by atoms with E-state index in [9.17, 15) is 13.2 Å². The summed E-state index contributed by atoms with van der Waals surface area (Å²) in [6.07, 6.45) is -1.21. The molecule has 2 aromatic heterocycles. The van der Waals surface area contributed by atoms with Crippen molar-refractivity contribution >= 4 is 29.1 Å². The molecule has 0 saturated carbocycles. The highest BCUT2D eigenvalue weighted by atomic mass is 35.5. The van der Waals surface area contributed by atoms with E-state index in [1.165, 1.54) is 12.1 Å². The van der Waals surface area contributed by atoms with E-state index in [1.807, 2.05) is 12.1 Å². The van der Waals surface area contributed by atoms with Crippen LogP contribution in [0.3, 0.4) is 0 Å². The van der Waals surface area contributed by atoms with Gasteiger partial charge in [-0.15, -0.1) is 0 Å². The van der Waals surface area contributed by atoms with E-state index < -0.39 is 11.7 Å². The maximum absolute atomic E-state index is 13.2. The maximum atomic E-state index is 13.2. The minimum absolute atomic E-state index is 0.00209. The van der Waals surface area contributed by atoms with E-state index in [1.54, 1.807) is 25.4 Å². The summed E-state index contributed by atoms with van der Waals surface area (Å²) >= 11 is 5.70. The highest BCUT2D eigenvalue weighted by Gasteiger charge is 2.34. The fourth-order valence-electron chi connectivity index (χ4n) is 2.39. The summed E-state index contributed by atoms with van der Waals surface area (Å²) in [5.74, 6) is 0.546. The molecule has 2 heterocycles. The molecule has 0 amide bonds. The molecule has 0 radical (unpaired) electrons. The van der Waals surface area contributed by atoms with Crippen LogP contribution in [0, 0.1) is 6.92 Å². The lowest BCUT2D eigenvalue weighted by atomic mass is 10.1. The number of aryl methyl sites for hydroxylation is 1. The second-order valence-corrected chi connectivity index (χ2v) is 6.18. The molecular weight excluding hydrogens is 379 g/mol. The van der Waals surface area contributed by atoms with Gasteiger partial charge >= 0.3 is 6.18 Å². The summed E-state index contributed by atoms with van der Waals surface area (Å²) in [6, 6.07) is 8.90. The number of alkyl halides is 3. The van der Waals surface area contributed by atoms with Gasteiger partial charge in [0.1, 0.15) is 5.82 Å². The van der Waals surface area contributed by atoms with Gasteiger partial charge in [-0.1, -0.05) is 11.6 Å². The Kier molecular flexibility index (Phi) is 5.46. The first-order chi connectivity index (χ1) is 12.8. The molecule has 0 unspecified atom stereocenters. The van der Waals surface area contributed by atoms with Gasteiger partial charge in [0.05, 0.1) is 11.3 Å². The Balaban J connectivity index is 1.83. The first kappa shape index (κ1) is 18.9. The van der Waals surface area contributed by atoms with Gasteiger partial charge < -0.3 is 10.6 Å². The number of rotatable bonds is 5. The van der Waals surface area contributed by atoms with Gasteiger partial charge in [-0.05, 0) is 42.8 Å². The molecule has 0 aliphatic rings. The number of pyridine rings is 1. The van der Waals surface area contributed by atoms with Gasteiger partial charge in [0, 0.05) is 35.7 Å². The van der Waals surface area contributed by atoms with Crippen molar-refractivity contribution < 1.29 is 13.2 Å². The van der Waals surface area contributed by atoms with Crippen LogP contribution in [0.1, 0.15) is 16.8 Å². The number of benzene rings is 1. The van der Waals surface area contributed by atoms with Crippen LogP contribution < -0.4 is 10.6 Å². The molecule has 27 heavy (non-hydrogen) atoms. The van der Waals surface area contributed by atoms with Crippen molar-refractivity contribution in [2.24, 2.45) is 0 Å². The minimum Gasteiger partial charge on any atom is -0.366 e. The Morgan fingerprint density at radius 3 is 2.48 bits per heavy atom. The molecule has 0 fully saturated rings. The lowest BCUT2D eigenvalue weighted by Crippen LogP contribution is -2.11. The van der Waals surface area contributed by atoms with Crippen LogP contribution in [0.15, 0.2) is 48.8 Å². The van der Waals surface area contributed by atoms with E-state index in [0.29, 0.717) is 18.1 Å². The molecule has 0 spiro atoms. The van der Waals surface area contributed by atoms with Crippen LogP contribution in [-0.2, 0) is 12.7 Å². The Morgan fingerprint density at radius 2 is 1.78 bits per heavy atom. The average Bonchev–Trinajstić information content (AvgIpc) is 2.61. The second-order valence-electron chi connectivity index (χ2n) is 5.74. The molecule has 0 aliphatic carbocycles. The molecule has 0 atom stereocenters. The molecule has 3 rings (SSSR count). The van der Waals surface area contributed by atoms with Crippen molar-refractivity contribution in [2.45, 2.75) is 19.6 Å². The first-order valence-corrected chi connectivity index (χ1v) is 8.31. The van der Waals surface area contributed by atoms with Crippen LogP contribution in [-0.4, -0.2) is 15.0 Å². The second kappa shape index (κ2) is 7.79. The van der Waals surface area contributed by atoms with Gasteiger partial charge in [-0.3, -0.25) is 4.98 Å². The highest BCUT2D eigenvalue weighted by molar-refractivity contribution is 6.30. The number of hydrogen-bond acceptors (Lipinski definition) is 5. The molecule has 5 nitrogen and oxygen atoms in total. The summed E-state index contributed by atoms with van der Waals surface area (Å²) in [5, 5.41) is 5.75. The number of aromatic nitrogens is 3. The van der Waals surface area contributed by atoms with E-state index in [-0.39, 0.29) is 16.7 Å². The normalized spacial score (nSPS) is 11.3. The van der Waals surface area contributed by atoms with Crippen molar-refractivity contribution in [1.82, 2.24) is 15.0 Å². The van der Waals surface area contributed by atoms with E-state index in [4.69, 9.17) is 11.6 Å². The van der Waals surface area contributed by atoms with Crippen LogP contribution in [0.25, 0.3) is 0 Å². The molecule has 3 aromatic rings. The third-order valence-electron chi connectivity index (χ3n) is 3.61. The lowest BCUT2D eigenvalue weighted by molar-refractivity contribution is -0.136. The molecule has 2 N–H and O–H groups in total. The summed E-state index contributed by atoms with van der Waals surface area (Å²) in [7, 11) is 0. The van der Waals surface area contributed by atoms with E-state index >= 15 is 0 Å². The predicted molar refractivity (Wildman–Crippen MR) is 98.1 cm³/mol. The Morgan fingerprint density at radius 1 is 1.04 bits per heavy atom. The number of halogens is 4. The monoisotopic (exact) mass is 393 g/mol. The average molecular weight is 394 g/mol. The quantitative estimate of drug-likeness (QED) is 0.623. The minimum atomic E-state index is -4.56. The number of anilines is 3. The van der Waals surface area contributed by atoms with Gasteiger partial charge in [0.25, 0.3) is 0 Å². The number of nitrogens with one attached hydrogen (secondary N) is 2. The number of nitrogens with zero attached hydrogens (tertiary/aromatic N) is 3. The highest BCUT2D eigenvalue weighted by Crippen LogP contribution is 2.37. The van der Waals surface area contributed by atoms with Crippen LogP contribution in [0.5, 0.6) is 0 Å². The van der Waals surface area contributed by atoms with Crippen LogP contribution in [0.4, 0.5) is 30.6 Å². The maximum Gasteiger partial charge on any atom is 0.418 e. The van der Waals surface area contributed by atoms with Crippen molar-refractivity contribution in [3.63, 3.8) is 0 Å². The molecule has 0 aliphatic heterocycles. The zero-order valence-corrected chi connectivity index (χ0v) is 14.9. The van der Waals surface area contributed by atoms with Crippen LogP contribution >= 0.6 is 11.6 Å². The van der Waals surface area contributed by atoms with E-state index in [2.05, 4.69) is 25.6 Å². The fourth-order valence-corrected chi connectivity index (χ4v) is 2.56. The van der Waals surface area contributed by atoms with Crippen molar-refractivity contribution in [2.75, 3.05) is 10.6 Å². The Bertz CT molecular complexity index is 932. The molecule has 9 heteroatoms. The summed E-state index contributed by atoms with van der Waals surface area (Å²) in [4.78, 5) is 12.3. The van der Waals surface area contributed by atoms with E-state index in [0.717, 1.165) is 11.6 Å². The van der Waals surface area contributed by atoms with Crippen LogP contribution in [0.2, 0.25) is 5.02 Å². The third-order valence-corrected chi connectivity index (χ3v) is 3.85. The fraction of sp³-hybridized carbons (Fsp3) is 0.167. The molecule has 0 bridgehead atoms. The lowest BCUT2D eigenvalue weighted by Gasteiger charge is -2.15. The number of hydrogen-bond donors (Lipinski definition) is 2. The first-order valence-electron chi connectivity index (χ1n) is 7.93. The van der Waals surface area contributed by atoms with Gasteiger partial charge in [-0.2, -0.15) is 18.2 Å². The summed E-state index contributed by atoms with van der Waals surface area (Å²) < 4.78 is 39.7. The molecule has 1 aromatic carbocycles. The predicted octanol–water partition coefficient (Wildman–Crippen LogP) is 5.21. The zero-order chi connectivity index (χ0) is 19.4. The standard InChI is InChI=1S/C18H15ClF3N5/c1-11-8-16(24-10-12-4-6-23-7-5-12)27-17(25-11)26-15-3-2-13(19)9-14(15)18(20,21)22/h2-9H,10H2,1H3,(H2,24,25,26,27). The summed E-state index contributed by atoms with van der Waals surface area (Å²) in [5.41, 5.74) is 0.545. The van der Waals surface area contributed by atoms with Crippen molar-refractivity contribution in [3.8, 4) is 0 Å². The topological polar surface area (TPSA) is 62.7 Å². The van der Waals surface area contributed by atoms with Crippen molar-refractivity contribution in [3.05, 3.63) is 70.6 Å². The van der Waals surface area contributed by atoms with Crippen molar-refractivity contribution in [1.29, 1.82) is 0 Å². The van der Waals surface area contributed by atoms with Gasteiger partial charge in [0.15, 0.2) is 0 Å². The largest absolute Gasteiger partial charge is 0.418 e. The Hall–Kier alpha value is -2.87. The SMILES string of the molecule is Cc1cc(NCc2ccncc2)nc(Nc2ccc(Cl)cc2C(F)(F)F)n1. The molecular formula is C18H15ClF3N5. The molecule has 140 valence electrons. The smallest absolute Gasteiger partial charge is 0.366 e. The Labute approximate surface area is 158 Å². The summed E-state index contributed by atoms with van der Waals surface area (Å²) in [6.45, 7) is 2.23. The zero-order valence-electron chi connectivity index (χ0n) is 14.2. The van der Waals surface area contributed by atoms with Gasteiger partial charge in [-0.25, -0.2) is 4.98 Å².